The maximum atomic E-state index is 12.7. The zero-order valence-electron chi connectivity index (χ0n) is 22.6. The summed E-state index contributed by atoms with van der Waals surface area (Å²) in [5.41, 5.74) is 2.72. The fourth-order valence-electron chi connectivity index (χ4n) is 4.94. The van der Waals surface area contributed by atoms with E-state index in [4.69, 9.17) is 38.5 Å². The Morgan fingerprint density at radius 3 is 2.59 bits per heavy atom. The molecule has 2 aromatic carbocycles. The van der Waals surface area contributed by atoms with Gasteiger partial charge < -0.3 is 14.4 Å². The van der Waals surface area contributed by atoms with Gasteiger partial charge in [-0.05, 0) is 63.4 Å². The first kappa shape index (κ1) is 29.3. The Labute approximate surface area is 240 Å². The number of nitrogens with two attached hydrogens (primary N) is 1. The number of unbranched alkanes of at least 4 members (excludes halogenated alkanes) is 1. The van der Waals surface area contributed by atoms with Crippen LogP contribution in [-0.2, 0) is 16.0 Å². The third kappa shape index (κ3) is 7.28. The summed E-state index contributed by atoms with van der Waals surface area (Å²) < 4.78 is 11.5. The number of hydrazine groups is 1. The van der Waals surface area contributed by atoms with Crippen molar-refractivity contribution in [1.29, 1.82) is 0 Å². The fourth-order valence-corrected chi connectivity index (χ4v) is 5.35. The molecule has 2 aromatic rings. The lowest BCUT2D eigenvalue weighted by atomic mass is 10.0. The van der Waals surface area contributed by atoms with Gasteiger partial charge in [-0.2, -0.15) is 0 Å². The van der Waals surface area contributed by atoms with Crippen LogP contribution >= 0.6 is 23.2 Å². The van der Waals surface area contributed by atoms with Gasteiger partial charge in [-0.1, -0.05) is 35.3 Å². The molecular formula is C28H37Cl2N5O4. The molecule has 0 spiro atoms. The molecule has 0 radical (unpaired) electrons. The van der Waals surface area contributed by atoms with Crippen molar-refractivity contribution in [3.63, 3.8) is 0 Å². The quantitative estimate of drug-likeness (QED) is 0.185. The molecule has 2 amide bonds. The summed E-state index contributed by atoms with van der Waals surface area (Å²) >= 11 is 12.6. The van der Waals surface area contributed by atoms with Gasteiger partial charge in [0.1, 0.15) is 5.75 Å². The highest BCUT2D eigenvalue weighted by molar-refractivity contribution is 6.43. The summed E-state index contributed by atoms with van der Waals surface area (Å²) in [6.45, 7) is 9.08. The van der Waals surface area contributed by atoms with Gasteiger partial charge in [0.2, 0.25) is 5.91 Å². The highest BCUT2D eigenvalue weighted by atomic mass is 35.5. The van der Waals surface area contributed by atoms with Crippen LogP contribution < -0.4 is 20.4 Å². The standard InChI is InChI=1S/C28H37Cl2N5O4/c1-3-34(31)28(37)39-20(2)35-25-19-22(11-9-21(25)10-12-26(35)36)38-18-5-4-13-32-14-16-33(17-15-32)24-8-6-7-23(29)27(24)30/h6-9,11,19-20H,3-5,10,12-18,31H2,1-2H3. The number of aryl methyl sites for hydroxylation is 1. The van der Waals surface area contributed by atoms with Crippen LogP contribution in [-0.4, -0.2) is 74.0 Å². The van der Waals surface area contributed by atoms with E-state index in [0.29, 0.717) is 47.5 Å². The number of anilines is 2. The second-order valence-electron chi connectivity index (χ2n) is 9.78. The number of hydrogen-bond acceptors (Lipinski definition) is 7. The van der Waals surface area contributed by atoms with Crippen molar-refractivity contribution in [2.24, 2.45) is 5.84 Å². The minimum Gasteiger partial charge on any atom is -0.494 e. The van der Waals surface area contributed by atoms with Gasteiger partial charge in [0.25, 0.3) is 0 Å². The number of amides is 2. The summed E-state index contributed by atoms with van der Waals surface area (Å²) in [6, 6.07) is 11.5. The molecule has 2 aliphatic rings. The van der Waals surface area contributed by atoms with Crippen LogP contribution in [0.1, 0.15) is 38.7 Å². The summed E-state index contributed by atoms with van der Waals surface area (Å²) in [4.78, 5) is 31.1. The topological polar surface area (TPSA) is 91.6 Å². The Bertz CT molecular complexity index is 1160. The molecular weight excluding hydrogens is 541 g/mol. The van der Waals surface area contributed by atoms with Crippen LogP contribution in [0.15, 0.2) is 36.4 Å². The monoisotopic (exact) mass is 577 g/mol. The average molecular weight is 579 g/mol. The number of rotatable bonds is 10. The first-order chi connectivity index (χ1) is 18.8. The van der Waals surface area contributed by atoms with E-state index >= 15 is 0 Å². The minimum atomic E-state index is -0.785. The normalized spacial score (nSPS) is 16.6. The third-order valence-electron chi connectivity index (χ3n) is 7.18. The molecule has 4 rings (SSSR count). The number of halogens is 2. The summed E-state index contributed by atoms with van der Waals surface area (Å²) in [7, 11) is 0. The number of piperazine rings is 1. The van der Waals surface area contributed by atoms with Crippen LogP contribution in [0.3, 0.4) is 0 Å². The lowest BCUT2D eigenvalue weighted by molar-refractivity contribution is -0.120. The number of carbonyl (C=O) groups is 2. The zero-order chi connectivity index (χ0) is 27.9. The summed E-state index contributed by atoms with van der Waals surface area (Å²) in [6.07, 6.45) is 1.47. The third-order valence-corrected chi connectivity index (χ3v) is 7.99. The van der Waals surface area contributed by atoms with Crippen molar-refractivity contribution < 1.29 is 19.1 Å². The molecule has 1 fully saturated rings. The molecule has 39 heavy (non-hydrogen) atoms. The first-order valence-corrected chi connectivity index (χ1v) is 14.3. The predicted molar refractivity (Wildman–Crippen MR) is 155 cm³/mol. The van der Waals surface area contributed by atoms with Crippen molar-refractivity contribution in [3.8, 4) is 5.75 Å². The van der Waals surface area contributed by atoms with Gasteiger partial charge in [0.05, 0.1) is 28.0 Å². The molecule has 1 atom stereocenters. The average Bonchev–Trinajstić information content (AvgIpc) is 2.94. The molecule has 212 valence electrons. The molecule has 0 bridgehead atoms. The summed E-state index contributed by atoms with van der Waals surface area (Å²) in [5.74, 6) is 6.22. The van der Waals surface area contributed by atoms with Gasteiger partial charge in [-0.3, -0.25) is 14.6 Å². The molecule has 2 aliphatic heterocycles. The van der Waals surface area contributed by atoms with Crippen molar-refractivity contribution in [1.82, 2.24) is 9.91 Å². The molecule has 0 aliphatic carbocycles. The van der Waals surface area contributed by atoms with Gasteiger partial charge in [0.15, 0.2) is 6.23 Å². The van der Waals surface area contributed by atoms with Crippen LogP contribution in [0.25, 0.3) is 0 Å². The maximum Gasteiger partial charge on any atom is 0.425 e. The highest BCUT2D eigenvalue weighted by Crippen LogP contribution is 2.34. The number of benzene rings is 2. The van der Waals surface area contributed by atoms with E-state index in [-0.39, 0.29) is 5.91 Å². The SMILES string of the molecule is CCN(N)C(=O)OC(C)N1C(=O)CCc2ccc(OCCCCN3CCN(c4cccc(Cl)c4Cl)CC3)cc21. The van der Waals surface area contributed by atoms with Crippen LogP contribution in [0.2, 0.25) is 10.0 Å². The van der Waals surface area contributed by atoms with Crippen LogP contribution in [0.5, 0.6) is 5.75 Å². The van der Waals surface area contributed by atoms with E-state index in [1.54, 1.807) is 13.8 Å². The fraction of sp³-hybridized carbons (Fsp3) is 0.500. The van der Waals surface area contributed by atoms with E-state index < -0.39 is 12.3 Å². The van der Waals surface area contributed by atoms with E-state index in [0.717, 1.165) is 61.8 Å². The molecule has 0 saturated carbocycles. The van der Waals surface area contributed by atoms with Gasteiger partial charge in [-0.25, -0.2) is 15.6 Å². The molecule has 1 saturated heterocycles. The van der Waals surface area contributed by atoms with Gasteiger partial charge in [0, 0.05) is 45.2 Å². The largest absolute Gasteiger partial charge is 0.494 e. The number of ether oxygens (including phenoxy) is 2. The van der Waals surface area contributed by atoms with Crippen molar-refractivity contribution in [3.05, 3.63) is 52.0 Å². The van der Waals surface area contributed by atoms with Gasteiger partial charge in [-0.15, -0.1) is 0 Å². The number of nitrogens with zero attached hydrogens (tertiary/aromatic N) is 4. The number of fused-ring (bicyclic) bond motifs is 1. The second kappa shape index (κ2) is 13.6. The Kier molecular flexibility index (Phi) is 10.2. The molecule has 0 aromatic heterocycles. The summed E-state index contributed by atoms with van der Waals surface area (Å²) in [5, 5.41) is 2.18. The van der Waals surface area contributed by atoms with Gasteiger partial charge >= 0.3 is 6.09 Å². The maximum absolute atomic E-state index is 12.7. The first-order valence-electron chi connectivity index (χ1n) is 13.5. The molecule has 2 heterocycles. The highest BCUT2D eigenvalue weighted by Gasteiger charge is 2.31. The minimum absolute atomic E-state index is 0.0993. The van der Waals surface area contributed by atoms with Crippen LogP contribution in [0.4, 0.5) is 16.2 Å². The molecule has 1 unspecified atom stereocenters. The Morgan fingerprint density at radius 2 is 1.85 bits per heavy atom. The lowest BCUT2D eigenvalue weighted by Crippen LogP contribution is -2.47. The predicted octanol–water partition coefficient (Wildman–Crippen LogP) is 4.93. The molecule has 9 nitrogen and oxygen atoms in total. The molecule has 2 N–H and O–H groups in total. The van der Waals surface area contributed by atoms with Crippen molar-refractivity contribution >= 4 is 46.6 Å². The van der Waals surface area contributed by atoms with E-state index in [9.17, 15) is 9.59 Å². The zero-order valence-corrected chi connectivity index (χ0v) is 24.1. The van der Waals surface area contributed by atoms with Crippen molar-refractivity contribution in [2.75, 3.05) is 55.7 Å². The smallest absolute Gasteiger partial charge is 0.425 e. The lowest BCUT2D eigenvalue weighted by Gasteiger charge is -2.36. The van der Waals surface area contributed by atoms with Crippen molar-refractivity contribution in [2.45, 2.75) is 45.8 Å². The number of hydrogen-bond donors (Lipinski definition) is 1. The molecule has 11 heteroatoms. The van der Waals surface area contributed by atoms with E-state index in [2.05, 4.69) is 9.80 Å². The van der Waals surface area contributed by atoms with E-state index in [1.165, 1.54) is 4.90 Å². The Balaban J connectivity index is 1.23. The Morgan fingerprint density at radius 1 is 1.08 bits per heavy atom. The number of carbonyl (C=O) groups excluding carboxylic acids is 2. The Hall–Kier alpha value is -2.72. The van der Waals surface area contributed by atoms with Crippen LogP contribution in [0, 0.1) is 0 Å². The second-order valence-corrected chi connectivity index (χ2v) is 10.6. The van der Waals surface area contributed by atoms with E-state index in [1.807, 2.05) is 36.4 Å².